The van der Waals surface area contributed by atoms with Crippen molar-refractivity contribution in [3.8, 4) is 0 Å². The van der Waals surface area contributed by atoms with Crippen LogP contribution in [0.15, 0.2) is 29.2 Å². The fourth-order valence-electron chi connectivity index (χ4n) is 3.48. The Morgan fingerprint density at radius 3 is 2.75 bits per heavy atom. The normalized spacial score (nSPS) is 13.5. The Kier molecular flexibility index (Phi) is 4.33. The standard InChI is InChI=1S/C20H22N6O2/c1-12-18(27)25(4)17-9-13(5-6-16(17)22-12)19(28)26-8-7-15-14(11-26)10-21-20(23-15)24(2)3/h5-6,9-10H,7-8,11H2,1-4H3. The highest BCUT2D eigenvalue weighted by atomic mass is 16.2. The molecule has 144 valence electrons. The Hall–Kier alpha value is -3.29. The van der Waals surface area contributed by atoms with E-state index >= 15 is 0 Å². The van der Waals surface area contributed by atoms with Crippen molar-refractivity contribution in [2.45, 2.75) is 19.9 Å². The molecule has 8 nitrogen and oxygen atoms in total. The summed E-state index contributed by atoms with van der Waals surface area (Å²) in [6.45, 7) is 2.76. The van der Waals surface area contributed by atoms with Crippen LogP contribution in [0.3, 0.4) is 0 Å². The van der Waals surface area contributed by atoms with E-state index in [0.29, 0.717) is 47.7 Å². The number of aryl methyl sites for hydroxylation is 2. The summed E-state index contributed by atoms with van der Waals surface area (Å²) >= 11 is 0. The number of carbonyl (C=O) groups is 1. The lowest BCUT2D eigenvalue weighted by atomic mass is 10.1. The number of aromatic nitrogens is 4. The average Bonchev–Trinajstić information content (AvgIpc) is 2.70. The molecule has 3 heterocycles. The molecule has 4 rings (SSSR count). The topological polar surface area (TPSA) is 84.2 Å². The quantitative estimate of drug-likeness (QED) is 0.668. The van der Waals surface area contributed by atoms with Crippen LogP contribution in [0.25, 0.3) is 11.0 Å². The Labute approximate surface area is 162 Å². The first-order valence-corrected chi connectivity index (χ1v) is 9.14. The van der Waals surface area contributed by atoms with Crippen LogP contribution in [0.4, 0.5) is 5.95 Å². The third kappa shape index (κ3) is 3.00. The molecule has 0 N–H and O–H groups in total. The smallest absolute Gasteiger partial charge is 0.272 e. The van der Waals surface area contributed by atoms with Gasteiger partial charge < -0.3 is 14.4 Å². The lowest BCUT2D eigenvalue weighted by Gasteiger charge is -2.28. The molecule has 1 aliphatic rings. The number of hydrogen-bond acceptors (Lipinski definition) is 6. The van der Waals surface area contributed by atoms with Crippen LogP contribution < -0.4 is 10.5 Å². The van der Waals surface area contributed by atoms with Crippen molar-refractivity contribution < 1.29 is 4.79 Å². The zero-order valence-electron chi connectivity index (χ0n) is 16.4. The Bertz CT molecular complexity index is 1150. The summed E-state index contributed by atoms with van der Waals surface area (Å²) in [6, 6.07) is 5.30. The molecule has 28 heavy (non-hydrogen) atoms. The van der Waals surface area contributed by atoms with E-state index in [9.17, 15) is 9.59 Å². The Balaban J connectivity index is 1.64. The average molecular weight is 378 g/mol. The number of anilines is 1. The second-order valence-electron chi connectivity index (χ2n) is 7.28. The van der Waals surface area contributed by atoms with Gasteiger partial charge in [0.05, 0.1) is 16.7 Å². The molecule has 0 saturated heterocycles. The molecular weight excluding hydrogens is 356 g/mol. The van der Waals surface area contributed by atoms with Crippen LogP contribution in [0.5, 0.6) is 0 Å². The van der Waals surface area contributed by atoms with Gasteiger partial charge in [-0.1, -0.05) is 0 Å². The van der Waals surface area contributed by atoms with E-state index in [4.69, 9.17) is 0 Å². The first-order chi connectivity index (χ1) is 13.3. The minimum Gasteiger partial charge on any atom is -0.347 e. The van der Waals surface area contributed by atoms with E-state index in [2.05, 4.69) is 15.0 Å². The summed E-state index contributed by atoms with van der Waals surface area (Å²) in [6.07, 6.45) is 2.49. The summed E-state index contributed by atoms with van der Waals surface area (Å²) in [7, 11) is 5.51. The molecule has 1 aliphatic heterocycles. The van der Waals surface area contributed by atoms with E-state index < -0.39 is 0 Å². The monoisotopic (exact) mass is 378 g/mol. The number of fused-ring (bicyclic) bond motifs is 2. The van der Waals surface area contributed by atoms with Gasteiger partial charge in [-0.15, -0.1) is 0 Å². The highest BCUT2D eigenvalue weighted by Crippen LogP contribution is 2.21. The molecule has 8 heteroatoms. The highest BCUT2D eigenvalue weighted by molar-refractivity contribution is 5.97. The molecule has 0 fully saturated rings. The molecule has 1 amide bonds. The van der Waals surface area contributed by atoms with Gasteiger partial charge in [-0.3, -0.25) is 9.59 Å². The van der Waals surface area contributed by atoms with Gasteiger partial charge in [0.2, 0.25) is 5.95 Å². The lowest BCUT2D eigenvalue weighted by Crippen LogP contribution is -2.36. The van der Waals surface area contributed by atoms with Crippen molar-refractivity contribution in [2.24, 2.45) is 7.05 Å². The molecule has 0 aliphatic carbocycles. The van der Waals surface area contributed by atoms with Gasteiger partial charge in [0.1, 0.15) is 5.69 Å². The van der Waals surface area contributed by atoms with Gasteiger partial charge in [-0.25, -0.2) is 15.0 Å². The van der Waals surface area contributed by atoms with Crippen LogP contribution in [-0.2, 0) is 20.0 Å². The number of hydrogen-bond donors (Lipinski definition) is 0. The molecule has 2 aromatic heterocycles. The van der Waals surface area contributed by atoms with Crippen molar-refractivity contribution in [1.29, 1.82) is 0 Å². The second-order valence-corrected chi connectivity index (χ2v) is 7.28. The van der Waals surface area contributed by atoms with E-state index in [1.807, 2.05) is 19.0 Å². The number of benzene rings is 1. The SMILES string of the molecule is Cc1nc2ccc(C(=O)N3CCc4nc(N(C)C)ncc4C3)cc2n(C)c1=O. The number of carbonyl (C=O) groups excluding carboxylic acids is 1. The van der Waals surface area contributed by atoms with E-state index in [-0.39, 0.29) is 11.5 Å². The molecule has 0 spiro atoms. The molecular formula is C20H22N6O2. The van der Waals surface area contributed by atoms with Crippen LogP contribution in [0.1, 0.15) is 27.3 Å². The van der Waals surface area contributed by atoms with Crippen LogP contribution in [-0.4, -0.2) is 51.0 Å². The molecule has 0 atom stereocenters. The summed E-state index contributed by atoms with van der Waals surface area (Å²) in [5, 5.41) is 0. The van der Waals surface area contributed by atoms with Crippen molar-refractivity contribution in [3.05, 3.63) is 57.3 Å². The fourth-order valence-corrected chi connectivity index (χ4v) is 3.48. The van der Waals surface area contributed by atoms with E-state index in [0.717, 1.165) is 11.3 Å². The van der Waals surface area contributed by atoms with Crippen molar-refractivity contribution in [1.82, 2.24) is 24.4 Å². The molecule has 1 aromatic carbocycles. The molecule has 0 radical (unpaired) electrons. The Morgan fingerprint density at radius 1 is 1.21 bits per heavy atom. The van der Waals surface area contributed by atoms with Gasteiger partial charge in [0.15, 0.2) is 0 Å². The van der Waals surface area contributed by atoms with E-state index in [1.165, 1.54) is 4.57 Å². The zero-order valence-corrected chi connectivity index (χ0v) is 16.4. The second kappa shape index (κ2) is 6.70. The van der Waals surface area contributed by atoms with Gasteiger partial charge in [-0.05, 0) is 25.1 Å². The van der Waals surface area contributed by atoms with E-state index in [1.54, 1.807) is 43.3 Å². The third-order valence-corrected chi connectivity index (χ3v) is 5.09. The Morgan fingerprint density at radius 2 is 2.00 bits per heavy atom. The van der Waals surface area contributed by atoms with Crippen LogP contribution in [0, 0.1) is 6.92 Å². The predicted molar refractivity (Wildman–Crippen MR) is 107 cm³/mol. The minimum atomic E-state index is -0.155. The summed E-state index contributed by atoms with van der Waals surface area (Å²) in [5.74, 6) is 0.606. The number of nitrogens with zero attached hydrogens (tertiary/aromatic N) is 6. The highest BCUT2D eigenvalue weighted by Gasteiger charge is 2.24. The van der Waals surface area contributed by atoms with Crippen molar-refractivity contribution >= 4 is 22.9 Å². The zero-order chi connectivity index (χ0) is 20.0. The first-order valence-electron chi connectivity index (χ1n) is 9.14. The lowest BCUT2D eigenvalue weighted by molar-refractivity contribution is 0.0733. The van der Waals surface area contributed by atoms with Gasteiger partial charge in [0.25, 0.3) is 11.5 Å². The maximum atomic E-state index is 13.1. The first kappa shape index (κ1) is 18.1. The summed E-state index contributed by atoms with van der Waals surface area (Å²) < 4.78 is 1.54. The third-order valence-electron chi connectivity index (χ3n) is 5.09. The van der Waals surface area contributed by atoms with Crippen molar-refractivity contribution in [3.63, 3.8) is 0 Å². The largest absolute Gasteiger partial charge is 0.347 e. The molecule has 3 aromatic rings. The molecule has 0 bridgehead atoms. The van der Waals surface area contributed by atoms with Gasteiger partial charge in [-0.2, -0.15) is 0 Å². The predicted octanol–water partition coefficient (Wildman–Crippen LogP) is 1.30. The summed E-state index contributed by atoms with van der Waals surface area (Å²) in [4.78, 5) is 42.1. The minimum absolute atomic E-state index is 0.0720. The van der Waals surface area contributed by atoms with Crippen LogP contribution in [0.2, 0.25) is 0 Å². The maximum absolute atomic E-state index is 13.1. The fraction of sp³-hybridized carbons (Fsp3) is 0.350. The van der Waals surface area contributed by atoms with Crippen LogP contribution >= 0.6 is 0 Å². The van der Waals surface area contributed by atoms with Crippen molar-refractivity contribution in [2.75, 3.05) is 25.5 Å². The summed E-state index contributed by atoms with van der Waals surface area (Å²) in [5.41, 5.74) is 4.14. The van der Waals surface area contributed by atoms with Gasteiger partial charge in [0, 0.05) is 58.0 Å². The number of amides is 1. The number of rotatable bonds is 2. The maximum Gasteiger partial charge on any atom is 0.272 e. The molecule has 0 unspecified atom stereocenters. The molecule has 0 saturated carbocycles. The van der Waals surface area contributed by atoms with Gasteiger partial charge >= 0.3 is 0 Å².